The van der Waals surface area contributed by atoms with Crippen LogP contribution in [-0.4, -0.2) is 36.0 Å². The molecular formula is C30H31FN4. The average molecular weight is 467 g/mol. The molecule has 0 atom stereocenters. The Morgan fingerprint density at radius 2 is 1.94 bits per heavy atom. The van der Waals surface area contributed by atoms with E-state index in [2.05, 4.69) is 47.2 Å². The smallest absolute Gasteiger partial charge is 0.129 e. The Labute approximate surface area is 206 Å². The van der Waals surface area contributed by atoms with Gasteiger partial charge < -0.3 is 15.2 Å². The molecule has 0 saturated heterocycles. The van der Waals surface area contributed by atoms with Gasteiger partial charge >= 0.3 is 0 Å². The van der Waals surface area contributed by atoms with Crippen LogP contribution in [0.3, 0.4) is 0 Å². The van der Waals surface area contributed by atoms with Crippen LogP contribution in [0.2, 0.25) is 0 Å². The zero-order valence-electron chi connectivity index (χ0n) is 20.7. The van der Waals surface area contributed by atoms with Crippen LogP contribution < -0.4 is 5.32 Å². The Bertz CT molecular complexity index is 1430. The second-order valence-corrected chi connectivity index (χ2v) is 8.64. The van der Waals surface area contributed by atoms with Crippen LogP contribution in [0.1, 0.15) is 23.7 Å². The fraction of sp³-hybridized carbons (Fsp3) is 0.167. The topological polar surface area (TPSA) is 44.0 Å². The molecule has 2 heterocycles. The molecule has 0 fully saturated rings. The summed E-state index contributed by atoms with van der Waals surface area (Å²) in [4.78, 5) is 10.3. The lowest BCUT2D eigenvalue weighted by Gasteiger charge is -2.15. The summed E-state index contributed by atoms with van der Waals surface area (Å²) < 4.78 is 13.9. The van der Waals surface area contributed by atoms with Crippen molar-refractivity contribution in [3.05, 3.63) is 114 Å². The molecule has 0 aliphatic heterocycles. The SMILES string of the molecule is C=C/C(=C\C(=C/C)c1cnc(NC)c(Cc2cc3c(-c4cccc(F)c4)cccc3[nH]2)c1)N(C)C. The molecule has 0 aliphatic carbocycles. The fourth-order valence-electron chi connectivity index (χ4n) is 4.31. The Hall–Kier alpha value is -4.12. The Morgan fingerprint density at radius 3 is 2.63 bits per heavy atom. The summed E-state index contributed by atoms with van der Waals surface area (Å²) in [6, 6.07) is 17.1. The second kappa shape index (κ2) is 10.4. The highest BCUT2D eigenvalue weighted by molar-refractivity contribution is 5.95. The zero-order valence-corrected chi connectivity index (χ0v) is 20.7. The number of hydrogen-bond acceptors (Lipinski definition) is 3. The van der Waals surface area contributed by atoms with Gasteiger partial charge in [-0.1, -0.05) is 36.9 Å². The number of pyridine rings is 1. The van der Waals surface area contributed by atoms with Crippen LogP contribution in [0.15, 0.2) is 91.3 Å². The fourth-order valence-corrected chi connectivity index (χ4v) is 4.31. The summed E-state index contributed by atoms with van der Waals surface area (Å²) in [6.45, 7) is 5.96. The van der Waals surface area contributed by atoms with E-state index in [1.165, 1.54) is 6.07 Å². The van der Waals surface area contributed by atoms with E-state index >= 15 is 0 Å². The predicted octanol–water partition coefficient (Wildman–Crippen LogP) is 7.04. The van der Waals surface area contributed by atoms with Crippen LogP contribution in [0.25, 0.3) is 27.6 Å². The number of allylic oxidation sites excluding steroid dienone is 4. The van der Waals surface area contributed by atoms with E-state index in [9.17, 15) is 4.39 Å². The normalized spacial score (nSPS) is 12.1. The van der Waals surface area contributed by atoms with Gasteiger partial charge in [-0.05, 0) is 66.1 Å². The van der Waals surface area contributed by atoms with Gasteiger partial charge in [0.25, 0.3) is 0 Å². The van der Waals surface area contributed by atoms with E-state index in [1.807, 2.05) is 63.4 Å². The summed E-state index contributed by atoms with van der Waals surface area (Å²) in [5.74, 6) is 0.605. The maximum atomic E-state index is 13.9. The van der Waals surface area contributed by atoms with E-state index in [1.54, 1.807) is 12.1 Å². The first-order valence-electron chi connectivity index (χ1n) is 11.6. The molecule has 2 aromatic heterocycles. The highest BCUT2D eigenvalue weighted by atomic mass is 19.1. The maximum absolute atomic E-state index is 13.9. The van der Waals surface area contributed by atoms with Gasteiger partial charge in [0.05, 0.1) is 0 Å². The van der Waals surface area contributed by atoms with Crippen molar-refractivity contribution >= 4 is 22.3 Å². The van der Waals surface area contributed by atoms with E-state index in [0.29, 0.717) is 6.42 Å². The highest BCUT2D eigenvalue weighted by Crippen LogP contribution is 2.31. The number of fused-ring (bicyclic) bond motifs is 1. The maximum Gasteiger partial charge on any atom is 0.129 e. The number of aromatic amines is 1. The lowest BCUT2D eigenvalue weighted by Crippen LogP contribution is -2.09. The number of benzene rings is 2. The van der Waals surface area contributed by atoms with Crippen LogP contribution in [0, 0.1) is 5.82 Å². The lowest BCUT2D eigenvalue weighted by molar-refractivity contribution is 0.530. The third-order valence-electron chi connectivity index (χ3n) is 6.11. The summed E-state index contributed by atoms with van der Waals surface area (Å²) in [5.41, 5.74) is 8.19. The third-order valence-corrected chi connectivity index (χ3v) is 6.11. The van der Waals surface area contributed by atoms with Crippen LogP contribution in [0.5, 0.6) is 0 Å². The third kappa shape index (κ3) is 5.19. The van der Waals surface area contributed by atoms with Gasteiger partial charge in [-0.25, -0.2) is 9.37 Å². The van der Waals surface area contributed by atoms with Crippen molar-refractivity contribution in [3.63, 3.8) is 0 Å². The first kappa shape index (κ1) is 24.0. The minimum atomic E-state index is -0.237. The van der Waals surface area contributed by atoms with Gasteiger partial charge in [0.1, 0.15) is 11.6 Å². The number of aromatic nitrogens is 2. The zero-order chi connectivity index (χ0) is 24.9. The number of nitrogens with zero attached hydrogens (tertiary/aromatic N) is 2. The minimum absolute atomic E-state index is 0.237. The second-order valence-electron chi connectivity index (χ2n) is 8.64. The number of hydrogen-bond donors (Lipinski definition) is 2. The molecule has 0 radical (unpaired) electrons. The van der Waals surface area contributed by atoms with Crippen LogP contribution in [0.4, 0.5) is 10.2 Å². The van der Waals surface area contributed by atoms with Gasteiger partial charge in [0.2, 0.25) is 0 Å². The lowest BCUT2D eigenvalue weighted by atomic mass is 10.0. The summed E-state index contributed by atoms with van der Waals surface area (Å²) in [5, 5.41) is 4.29. The van der Waals surface area contributed by atoms with Crippen molar-refractivity contribution in [1.82, 2.24) is 14.9 Å². The van der Waals surface area contributed by atoms with Crippen molar-refractivity contribution in [3.8, 4) is 11.1 Å². The standard InChI is InChI=1S/C30H31FN4/c1-6-20(17-26(7-2)35(4)5)23-14-22(30(32-3)33-19-23)16-25-18-28-27(12-9-13-29(28)34-25)21-10-8-11-24(31)15-21/h6-15,17-19,34H,2,16H2,1,3-5H3,(H,32,33)/b20-6+,26-17+. The number of anilines is 1. The van der Waals surface area contributed by atoms with E-state index in [0.717, 1.165) is 55.9 Å². The first-order valence-corrected chi connectivity index (χ1v) is 11.6. The molecule has 0 saturated carbocycles. The summed E-state index contributed by atoms with van der Waals surface area (Å²) in [6.07, 6.45) is 8.62. The summed E-state index contributed by atoms with van der Waals surface area (Å²) in [7, 11) is 5.89. The van der Waals surface area contributed by atoms with E-state index in [-0.39, 0.29) is 5.82 Å². The van der Waals surface area contributed by atoms with Crippen molar-refractivity contribution < 1.29 is 4.39 Å². The molecule has 0 spiro atoms. The van der Waals surface area contributed by atoms with E-state index in [4.69, 9.17) is 4.98 Å². The Kier molecular flexibility index (Phi) is 7.16. The monoisotopic (exact) mass is 466 g/mol. The number of halogens is 1. The highest BCUT2D eigenvalue weighted by Gasteiger charge is 2.12. The van der Waals surface area contributed by atoms with E-state index < -0.39 is 0 Å². The molecule has 0 unspecified atom stereocenters. The quantitative estimate of drug-likeness (QED) is 0.274. The Balaban J connectivity index is 1.73. The molecule has 2 N–H and O–H groups in total. The van der Waals surface area contributed by atoms with Crippen molar-refractivity contribution in [2.75, 3.05) is 26.5 Å². The Morgan fingerprint density at radius 1 is 1.14 bits per heavy atom. The molecule has 4 nitrogen and oxygen atoms in total. The summed E-state index contributed by atoms with van der Waals surface area (Å²) >= 11 is 0. The molecule has 5 heteroatoms. The van der Waals surface area contributed by atoms with Gasteiger partial charge in [0, 0.05) is 67.2 Å². The number of rotatable bonds is 8. The number of nitrogens with one attached hydrogen (secondary N) is 2. The van der Waals surface area contributed by atoms with Gasteiger partial charge in [-0.3, -0.25) is 0 Å². The van der Waals surface area contributed by atoms with Crippen molar-refractivity contribution in [2.45, 2.75) is 13.3 Å². The molecule has 178 valence electrons. The first-order chi connectivity index (χ1) is 16.9. The van der Waals surface area contributed by atoms with Crippen LogP contribution >= 0.6 is 0 Å². The molecule has 0 amide bonds. The van der Waals surface area contributed by atoms with Gasteiger partial charge in [0.15, 0.2) is 0 Å². The number of likely N-dealkylation sites (N-methyl/N-ethyl adjacent to an activating group) is 1. The largest absolute Gasteiger partial charge is 0.378 e. The molecule has 0 aliphatic rings. The minimum Gasteiger partial charge on any atom is -0.378 e. The number of H-pyrrole nitrogens is 1. The van der Waals surface area contributed by atoms with Crippen molar-refractivity contribution in [1.29, 1.82) is 0 Å². The molecule has 0 bridgehead atoms. The molecule has 4 aromatic rings. The van der Waals surface area contributed by atoms with Crippen molar-refractivity contribution in [2.24, 2.45) is 0 Å². The molecule has 35 heavy (non-hydrogen) atoms. The van der Waals surface area contributed by atoms with Gasteiger partial charge in [-0.2, -0.15) is 0 Å². The average Bonchev–Trinajstić information content (AvgIpc) is 3.27. The molecule has 4 rings (SSSR count). The van der Waals surface area contributed by atoms with Crippen LogP contribution in [-0.2, 0) is 6.42 Å². The predicted molar refractivity (Wildman–Crippen MR) is 146 cm³/mol. The molecule has 2 aromatic carbocycles. The molecular weight excluding hydrogens is 435 g/mol. The van der Waals surface area contributed by atoms with Gasteiger partial charge in [-0.15, -0.1) is 0 Å².